The number of hydrogen-bond donors (Lipinski definition) is 2. The number of H-pyrrole nitrogens is 1. The van der Waals surface area contributed by atoms with Gasteiger partial charge in [0.05, 0.1) is 28.8 Å². The zero-order chi connectivity index (χ0) is 25.6. The van der Waals surface area contributed by atoms with Crippen LogP contribution >= 0.6 is 0 Å². The first-order valence-electron chi connectivity index (χ1n) is 11.8. The fraction of sp³-hybridized carbons (Fsp3) is 0.207. The first-order chi connectivity index (χ1) is 17.2. The SMILES string of the molecule is Cc1ccc2nc(N3C(=O)C(=O)/C(=C(/O)c4ccc(OC(C)C)c(C)c4)C3c3ccccc3)[nH]c2c1. The summed E-state index contributed by atoms with van der Waals surface area (Å²) in [6.07, 6.45) is -0.000788. The van der Waals surface area contributed by atoms with E-state index in [9.17, 15) is 14.7 Å². The maximum absolute atomic E-state index is 13.4. The van der Waals surface area contributed by atoms with Crippen LogP contribution in [0.2, 0.25) is 0 Å². The summed E-state index contributed by atoms with van der Waals surface area (Å²) in [6, 6.07) is 19.3. The van der Waals surface area contributed by atoms with Crippen LogP contribution in [0.25, 0.3) is 16.8 Å². The number of carbonyl (C=O) groups is 2. The number of amides is 1. The Labute approximate surface area is 209 Å². The number of aromatic nitrogens is 2. The molecule has 1 unspecified atom stereocenters. The minimum Gasteiger partial charge on any atom is -0.507 e. The van der Waals surface area contributed by atoms with Crippen LogP contribution in [0.15, 0.2) is 72.3 Å². The van der Waals surface area contributed by atoms with Gasteiger partial charge in [0.25, 0.3) is 5.78 Å². The molecule has 1 aromatic heterocycles. The highest BCUT2D eigenvalue weighted by Gasteiger charge is 2.48. The highest BCUT2D eigenvalue weighted by Crippen LogP contribution is 2.42. The summed E-state index contributed by atoms with van der Waals surface area (Å²) >= 11 is 0. The third kappa shape index (κ3) is 4.02. The van der Waals surface area contributed by atoms with Crippen molar-refractivity contribution in [2.24, 2.45) is 0 Å². The van der Waals surface area contributed by atoms with Gasteiger partial charge in [-0.3, -0.25) is 14.5 Å². The van der Waals surface area contributed by atoms with Crippen LogP contribution in [0.5, 0.6) is 5.75 Å². The number of benzene rings is 3. The van der Waals surface area contributed by atoms with E-state index in [1.165, 1.54) is 4.90 Å². The van der Waals surface area contributed by atoms with Crippen molar-refractivity contribution in [2.75, 3.05) is 4.90 Å². The molecule has 4 aromatic rings. The van der Waals surface area contributed by atoms with Crippen molar-refractivity contribution < 1.29 is 19.4 Å². The molecule has 0 bridgehead atoms. The van der Waals surface area contributed by atoms with Gasteiger partial charge >= 0.3 is 5.91 Å². The summed E-state index contributed by atoms with van der Waals surface area (Å²) < 4.78 is 5.81. The molecule has 3 aromatic carbocycles. The summed E-state index contributed by atoms with van der Waals surface area (Å²) in [4.78, 5) is 35.9. The second-order valence-corrected chi connectivity index (χ2v) is 9.31. The number of aromatic amines is 1. The molecule has 0 radical (unpaired) electrons. The van der Waals surface area contributed by atoms with Crippen molar-refractivity contribution in [3.8, 4) is 5.75 Å². The van der Waals surface area contributed by atoms with E-state index in [4.69, 9.17) is 4.74 Å². The Bertz CT molecular complexity index is 1520. The number of fused-ring (bicyclic) bond motifs is 1. The molecular weight excluding hydrogens is 454 g/mol. The lowest BCUT2D eigenvalue weighted by atomic mass is 9.95. The zero-order valence-electron chi connectivity index (χ0n) is 20.6. The topological polar surface area (TPSA) is 95.5 Å². The number of hydrogen-bond acceptors (Lipinski definition) is 5. The third-order valence-electron chi connectivity index (χ3n) is 6.22. The molecule has 1 amide bonds. The van der Waals surface area contributed by atoms with Gasteiger partial charge in [0.1, 0.15) is 11.5 Å². The fourth-order valence-corrected chi connectivity index (χ4v) is 4.56. The van der Waals surface area contributed by atoms with Crippen molar-refractivity contribution in [1.82, 2.24) is 9.97 Å². The number of rotatable bonds is 5. The van der Waals surface area contributed by atoms with E-state index >= 15 is 0 Å². The Morgan fingerprint density at radius 2 is 1.78 bits per heavy atom. The molecule has 36 heavy (non-hydrogen) atoms. The van der Waals surface area contributed by atoms with Gasteiger partial charge in [0, 0.05) is 5.56 Å². The van der Waals surface area contributed by atoms with Crippen molar-refractivity contribution in [2.45, 2.75) is 39.8 Å². The Morgan fingerprint density at radius 3 is 2.47 bits per heavy atom. The van der Waals surface area contributed by atoms with Gasteiger partial charge in [0.2, 0.25) is 5.95 Å². The monoisotopic (exact) mass is 481 g/mol. The summed E-state index contributed by atoms with van der Waals surface area (Å²) in [7, 11) is 0. The average molecular weight is 482 g/mol. The zero-order valence-corrected chi connectivity index (χ0v) is 20.6. The number of anilines is 1. The first kappa shape index (κ1) is 23.4. The molecule has 5 rings (SSSR count). The number of ether oxygens (including phenoxy) is 1. The van der Waals surface area contributed by atoms with Crippen LogP contribution in [-0.2, 0) is 9.59 Å². The Morgan fingerprint density at radius 1 is 1.03 bits per heavy atom. The van der Waals surface area contributed by atoms with Gasteiger partial charge < -0.3 is 14.8 Å². The minimum atomic E-state index is -0.847. The minimum absolute atomic E-state index is 0.000788. The number of imidazole rings is 1. The highest BCUT2D eigenvalue weighted by atomic mass is 16.5. The summed E-state index contributed by atoms with van der Waals surface area (Å²) in [5, 5.41) is 11.4. The molecule has 2 N–H and O–H groups in total. The summed E-state index contributed by atoms with van der Waals surface area (Å²) in [6.45, 7) is 7.72. The van der Waals surface area contributed by atoms with Crippen molar-refractivity contribution in [3.05, 3.63) is 94.6 Å². The molecule has 1 fully saturated rings. The lowest BCUT2D eigenvalue weighted by molar-refractivity contribution is -0.132. The van der Waals surface area contributed by atoms with E-state index in [1.807, 2.05) is 76.2 Å². The molecule has 0 spiro atoms. The number of aryl methyl sites for hydroxylation is 2. The molecule has 1 aliphatic rings. The molecule has 0 aliphatic carbocycles. The quantitative estimate of drug-likeness (QED) is 0.220. The van der Waals surface area contributed by atoms with Crippen molar-refractivity contribution >= 4 is 34.4 Å². The molecule has 1 aliphatic heterocycles. The first-order valence-corrected chi connectivity index (χ1v) is 11.8. The van der Waals surface area contributed by atoms with Gasteiger partial charge in [-0.05, 0) is 74.7 Å². The summed E-state index contributed by atoms with van der Waals surface area (Å²) in [5.41, 5.74) is 4.43. The number of aliphatic hydroxyl groups excluding tert-OH is 1. The lowest BCUT2D eigenvalue weighted by Crippen LogP contribution is -2.30. The van der Waals surface area contributed by atoms with Crippen LogP contribution in [0.4, 0.5) is 5.95 Å². The molecular formula is C29H27N3O4. The van der Waals surface area contributed by atoms with Crippen LogP contribution in [0.3, 0.4) is 0 Å². The summed E-state index contributed by atoms with van der Waals surface area (Å²) in [5.74, 6) is -0.812. The average Bonchev–Trinajstić information content (AvgIpc) is 3.38. The number of aliphatic hydroxyl groups is 1. The molecule has 2 heterocycles. The van der Waals surface area contributed by atoms with Gasteiger partial charge in [-0.2, -0.15) is 0 Å². The van der Waals surface area contributed by atoms with E-state index in [0.717, 1.165) is 16.6 Å². The molecule has 7 heteroatoms. The molecule has 1 atom stereocenters. The highest BCUT2D eigenvalue weighted by molar-refractivity contribution is 6.51. The van der Waals surface area contributed by atoms with E-state index < -0.39 is 17.7 Å². The van der Waals surface area contributed by atoms with Crippen LogP contribution in [0.1, 0.15) is 42.1 Å². The van der Waals surface area contributed by atoms with Crippen molar-refractivity contribution in [3.63, 3.8) is 0 Å². The van der Waals surface area contributed by atoms with Crippen LogP contribution < -0.4 is 9.64 Å². The van der Waals surface area contributed by atoms with Crippen molar-refractivity contribution in [1.29, 1.82) is 0 Å². The van der Waals surface area contributed by atoms with Crippen LogP contribution in [0, 0.1) is 13.8 Å². The van der Waals surface area contributed by atoms with Gasteiger partial charge in [0.15, 0.2) is 0 Å². The number of ketones is 1. The van der Waals surface area contributed by atoms with Gasteiger partial charge in [-0.15, -0.1) is 0 Å². The standard InChI is InChI=1S/C29H27N3O4/c1-16(2)36-23-13-11-20(15-18(23)4)26(33)24-25(19-8-6-5-7-9-19)32(28(35)27(24)34)29-30-21-12-10-17(3)14-22(21)31-29/h5-16,25,33H,1-4H3,(H,30,31)/b26-24+. The van der Waals surface area contributed by atoms with Gasteiger partial charge in [-0.25, -0.2) is 4.98 Å². The Hall–Kier alpha value is -4.39. The molecule has 7 nitrogen and oxygen atoms in total. The maximum atomic E-state index is 13.4. The fourth-order valence-electron chi connectivity index (χ4n) is 4.56. The second kappa shape index (κ2) is 9.00. The smallest absolute Gasteiger partial charge is 0.302 e. The van der Waals surface area contributed by atoms with E-state index in [2.05, 4.69) is 9.97 Å². The maximum Gasteiger partial charge on any atom is 0.302 e. The van der Waals surface area contributed by atoms with E-state index in [-0.39, 0.29) is 23.4 Å². The molecule has 0 saturated carbocycles. The van der Waals surface area contributed by atoms with E-state index in [0.29, 0.717) is 22.4 Å². The number of nitrogens with one attached hydrogen (secondary N) is 1. The predicted molar refractivity (Wildman–Crippen MR) is 139 cm³/mol. The number of carbonyl (C=O) groups excluding carboxylic acids is 2. The second-order valence-electron chi connectivity index (χ2n) is 9.31. The Kier molecular flexibility index (Phi) is 5.84. The van der Waals surface area contributed by atoms with E-state index in [1.54, 1.807) is 18.2 Å². The lowest BCUT2D eigenvalue weighted by Gasteiger charge is -2.23. The Balaban J connectivity index is 1.67. The normalized spacial score (nSPS) is 17.4. The number of Topliss-reactive ketones (excluding diaryl/α,β-unsaturated/α-hetero) is 1. The number of nitrogens with zero attached hydrogens (tertiary/aromatic N) is 2. The molecule has 182 valence electrons. The van der Waals surface area contributed by atoms with Gasteiger partial charge in [-0.1, -0.05) is 36.4 Å². The predicted octanol–water partition coefficient (Wildman–Crippen LogP) is 5.59. The molecule has 1 saturated heterocycles. The third-order valence-corrected chi connectivity index (χ3v) is 6.22. The largest absolute Gasteiger partial charge is 0.507 e. The van der Waals surface area contributed by atoms with Crippen LogP contribution in [-0.4, -0.2) is 32.9 Å².